The van der Waals surface area contributed by atoms with E-state index in [0.717, 1.165) is 23.5 Å². The van der Waals surface area contributed by atoms with E-state index < -0.39 is 17.5 Å². The molecule has 3 aromatic rings. The Balaban J connectivity index is 1.76. The zero-order valence-corrected chi connectivity index (χ0v) is 15.2. The molecule has 0 unspecified atom stereocenters. The fraction of sp³-hybridized carbons (Fsp3) is 0.105. The summed E-state index contributed by atoms with van der Waals surface area (Å²) in [4.78, 5) is 20.5. The lowest BCUT2D eigenvalue weighted by Crippen LogP contribution is -2.13. The Morgan fingerprint density at radius 1 is 1.25 bits per heavy atom. The Morgan fingerprint density at radius 2 is 2.04 bits per heavy atom. The summed E-state index contributed by atoms with van der Waals surface area (Å²) in [5.41, 5.74) is 0.0572. The van der Waals surface area contributed by atoms with Gasteiger partial charge in [-0.1, -0.05) is 12.1 Å². The molecule has 2 heterocycles. The predicted octanol–water partition coefficient (Wildman–Crippen LogP) is 3.66. The molecule has 0 aliphatic rings. The number of nitrogens with zero attached hydrogens (tertiary/aromatic N) is 2. The first kappa shape index (κ1) is 19.6. The molecule has 1 aromatic carbocycles. The molecule has 0 fully saturated rings. The highest BCUT2D eigenvalue weighted by Crippen LogP contribution is 2.29. The molecule has 0 bridgehead atoms. The molecule has 0 aliphatic carbocycles. The summed E-state index contributed by atoms with van der Waals surface area (Å²) in [5, 5.41) is 12.8. The monoisotopic (exact) mass is 403 g/mol. The van der Waals surface area contributed by atoms with Crippen molar-refractivity contribution in [2.45, 2.75) is 0 Å². The maximum absolute atomic E-state index is 13.9. The Hall–Kier alpha value is -3.17. The summed E-state index contributed by atoms with van der Waals surface area (Å²) < 4.78 is 33.3. The normalized spacial score (nSPS) is 11.0. The van der Waals surface area contributed by atoms with Gasteiger partial charge in [0.15, 0.2) is 0 Å². The highest BCUT2D eigenvalue weighted by atomic mass is 32.1. The molecule has 0 aliphatic heterocycles. The summed E-state index contributed by atoms with van der Waals surface area (Å²) in [6, 6.07) is 5.09. The maximum Gasteiger partial charge on any atom is 0.275 e. The first-order valence-electron chi connectivity index (χ1n) is 8.14. The molecule has 0 spiro atoms. The van der Waals surface area contributed by atoms with E-state index in [9.17, 15) is 13.6 Å². The Morgan fingerprint density at radius 3 is 2.79 bits per heavy atom. The summed E-state index contributed by atoms with van der Waals surface area (Å²) >= 11 is 0.962. The van der Waals surface area contributed by atoms with Crippen molar-refractivity contribution in [3.8, 4) is 16.3 Å². The van der Waals surface area contributed by atoms with Gasteiger partial charge >= 0.3 is 0 Å². The highest BCUT2D eigenvalue weighted by molar-refractivity contribution is 7.13. The van der Waals surface area contributed by atoms with E-state index >= 15 is 0 Å². The Kier molecular flexibility index (Phi) is 6.41. The van der Waals surface area contributed by atoms with Crippen molar-refractivity contribution < 1.29 is 23.4 Å². The number of carbonyl (C=O) groups is 1. The lowest BCUT2D eigenvalue weighted by atomic mass is 10.2. The van der Waals surface area contributed by atoms with Crippen LogP contribution in [-0.2, 0) is 0 Å². The van der Waals surface area contributed by atoms with E-state index in [4.69, 9.17) is 9.84 Å². The van der Waals surface area contributed by atoms with Crippen LogP contribution in [0.15, 0.2) is 54.2 Å². The second kappa shape index (κ2) is 9.16. The molecule has 28 heavy (non-hydrogen) atoms. The van der Waals surface area contributed by atoms with E-state index in [-0.39, 0.29) is 29.5 Å². The van der Waals surface area contributed by atoms with Crippen molar-refractivity contribution in [2.75, 3.05) is 18.5 Å². The molecule has 2 aromatic heterocycles. The van der Waals surface area contributed by atoms with Gasteiger partial charge in [0.1, 0.15) is 40.4 Å². The molecule has 2 N–H and O–H groups in total. The van der Waals surface area contributed by atoms with Crippen LogP contribution in [-0.4, -0.2) is 34.2 Å². The van der Waals surface area contributed by atoms with Crippen molar-refractivity contribution >= 4 is 22.9 Å². The molecule has 0 atom stereocenters. The van der Waals surface area contributed by atoms with E-state index in [1.807, 2.05) is 0 Å². The lowest BCUT2D eigenvalue weighted by molar-refractivity contribution is 0.102. The van der Waals surface area contributed by atoms with Crippen LogP contribution in [0.25, 0.3) is 10.6 Å². The van der Waals surface area contributed by atoms with Gasteiger partial charge in [0.05, 0.1) is 18.4 Å². The highest BCUT2D eigenvalue weighted by Gasteiger charge is 2.18. The number of anilines is 1. The first-order valence-corrected chi connectivity index (χ1v) is 9.02. The number of amides is 1. The number of aliphatic hydroxyl groups is 1. The minimum Gasteiger partial charge on any atom is -0.487 e. The van der Waals surface area contributed by atoms with Crippen LogP contribution in [0.4, 0.5) is 14.5 Å². The SMILES string of the molecule is O=C(Nc1cnccc1OC/C=C/CO)c1csc(-c2c(F)cccc2F)n1. The molecular weight excluding hydrogens is 388 g/mol. The number of aliphatic hydroxyl groups excluding tert-OH is 1. The topological polar surface area (TPSA) is 84.3 Å². The number of aromatic nitrogens is 2. The smallest absolute Gasteiger partial charge is 0.275 e. The van der Waals surface area contributed by atoms with Gasteiger partial charge in [-0.2, -0.15) is 0 Å². The van der Waals surface area contributed by atoms with Gasteiger partial charge in [0.25, 0.3) is 5.91 Å². The summed E-state index contributed by atoms with van der Waals surface area (Å²) in [7, 11) is 0. The van der Waals surface area contributed by atoms with E-state index in [1.54, 1.807) is 12.1 Å². The number of carbonyl (C=O) groups excluding carboxylic acids is 1. The average molecular weight is 403 g/mol. The van der Waals surface area contributed by atoms with Crippen LogP contribution >= 0.6 is 11.3 Å². The van der Waals surface area contributed by atoms with E-state index in [0.29, 0.717) is 11.4 Å². The van der Waals surface area contributed by atoms with Crippen LogP contribution in [0, 0.1) is 11.6 Å². The molecule has 6 nitrogen and oxygen atoms in total. The van der Waals surface area contributed by atoms with Gasteiger partial charge in [-0.15, -0.1) is 11.3 Å². The van der Waals surface area contributed by atoms with Crippen LogP contribution in [0.2, 0.25) is 0 Å². The molecule has 3 rings (SSSR count). The third kappa shape index (κ3) is 4.56. The fourth-order valence-corrected chi connectivity index (χ4v) is 3.11. The third-order valence-electron chi connectivity index (χ3n) is 3.55. The second-order valence-electron chi connectivity index (χ2n) is 5.43. The summed E-state index contributed by atoms with van der Waals surface area (Å²) in [6.45, 7) is 0.0961. The van der Waals surface area contributed by atoms with Crippen molar-refractivity contribution in [3.63, 3.8) is 0 Å². The maximum atomic E-state index is 13.9. The second-order valence-corrected chi connectivity index (χ2v) is 6.28. The van der Waals surface area contributed by atoms with Crippen molar-refractivity contribution in [1.29, 1.82) is 0 Å². The van der Waals surface area contributed by atoms with Crippen molar-refractivity contribution in [1.82, 2.24) is 9.97 Å². The minimum atomic E-state index is -0.750. The predicted molar refractivity (Wildman–Crippen MR) is 101 cm³/mol. The van der Waals surface area contributed by atoms with Gasteiger partial charge in [0.2, 0.25) is 0 Å². The van der Waals surface area contributed by atoms with Gasteiger partial charge in [-0.3, -0.25) is 9.78 Å². The van der Waals surface area contributed by atoms with Gasteiger partial charge in [-0.05, 0) is 18.2 Å². The van der Waals surface area contributed by atoms with Gasteiger partial charge in [-0.25, -0.2) is 13.8 Å². The number of ether oxygens (including phenoxy) is 1. The lowest BCUT2D eigenvalue weighted by Gasteiger charge is -2.10. The molecule has 144 valence electrons. The number of nitrogens with one attached hydrogen (secondary N) is 1. The number of halogens is 2. The van der Waals surface area contributed by atoms with Crippen molar-refractivity contribution in [2.24, 2.45) is 0 Å². The Labute approximate surface area is 163 Å². The largest absolute Gasteiger partial charge is 0.487 e. The van der Waals surface area contributed by atoms with E-state index in [2.05, 4.69) is 15.3 Å². The van der Waals surface area contributed by atoms with Crippen molar-refractivity contribution in [3.05, 3.63) is 71.5 Å². The van der Waals surface area contributed by atoms with Crippen LogP contribution in [0.1, 0.15) is 10.5 Å². The summed E-state index contributed by atoms with van der Waals surface area (Å²) in [5.74, 6) is -1.69. The zero-order chi connectivity index (χ0) is 19.9. The molecule has 1 amide bonds. The molecule has 0 saturated carbocycles. The van der Waals surface area contributed by atoms with Crippen LogP contribution < -0.4 is 10.1 Å². The third-order valence-corrected chi connectivity index (χ3v) is 4.41. The fourth-order valence-electron chi connectivity index (χ4n) is 2.26. The average Bonchev–Trinajstić information content (AvgIpc) is 3.16. The quantitative estimate of drug-likeness (QED) is 0.588. The molecule has 0 radical (unpaired) electrons. The van der Waals surface area contributed by atoms with Gasteiger partial charge < -0.3 is 15.2 Å². The zero-order valence-electron chi connectivity index (χ0n) is 14.4. The number of thiazole rings is 1. The number of rotatable bonds is 7. The van der Waals surface area contributed by atoms with Crippen LogP contribution in [0.5, 0.6) is 5.75 Å². The Bertz CT molecular complexity index is 987. The standard InChI is InChI=1S/C19H15F2N3O3S/c20-12-4-3-5-13(21)17(12)19-24-15(11-28-19)18(26)23-14-10-22-7-6-16(14)27-9-2-1-8-25/h1-7,10-11,25H,8-9H2,(H,23,26)/b2-1+. The van der Waals surface area contributed by atoms with E-state index in [1.165, 1.54) is 29.9 Å². The first-order chi connectivity index (χ1) is 13.6. The molecule has 0 saturated heterocycles. The number of hydrogen-bond acceptors (Lipinski definition) is 6. The minimum absolute atomic E-state index is 0.0117. The molecule has 9 heteroatoms. The number of pyridine rings is 1. The number of benzene rings is 1. The van der Waals surface area contributed by atoms with Gasteiger partial charge in [0, 0.05) is 17.6 Å². The number of hydrogen-bond donors (Lipinski definition) is 2. The molecular formula is C19H15F2N3O3S. The van der Waals surface area contributed by atoms with Crippen LogP contribution in [0.3, 0.4) is 0 Å². The summed E-state index contributed by atoms with van der Waals surface area (Å²) in [6.07, 6.45) is 6.06.